The van der Waals surface area contributed by atoms with Gasteiger partial charge in [-0.05, 0) is 0 Å². The second-order valence-corrected chi connectivity index (χ2v) is 3.65. The number of rotatable bonds is 0. The SMILES string of the molecule is N[N+]1([I-])CCC1. The van der Waals surface area contributed by atoms with Gasteiger partial charge in [0.15, 0.2) is 0 Å². The lowest BCUT2D eigenvalue weighted by Gasteiger charge is -2.46. The summed E-state index contributed by atoms with van der Waals surface area (Å²) in [6.45, 7) is 2.31. The van der Waals surface area contributed by atoms with Gasteiger partial charge in [0.1, 0.15) is 0 Å². The molecule has 1 fully saturated rings. The van der Waals surface area contributed by atoms with Crippen LogP contribution >= 0.6 is 0 Å². The second kappa shape index (κ2) is 1.31. The zero-order valence-electron chi connectivity index (χ0n) is 3.52. The molecule has 0 aromatic heterocycles. The molecule has 1 aliphatic rings. The van der Waals surface area contributed by atoms with Crippen molar-refractivity contribution in [2.24, 2.45) is 5.84 Å². The van der Waals surface area contributed by atoms with Crippen molar-refractivity contribution in [1.29, 1.82) is 0 Å². The first-order chi connectivity index (χ1) is 2.71. The molecule has 3 heteroatoms. The van der Waals surface area contributed by atoms with Gasteiger partial charge >= 0.3 is 0 Å². The van der Waals surface area contributed by atoms with Gasteiger partial charge in [0.2, 0.25) is 0 Å². The molecule has 0 unspecified atom stereocenters. The Bertz CT molecular complexity index is 55.8. The third-order valence-electron chi connectivity index (χ3n) is 1.06. The summed E-state index contributed by atoms with van der Waals surface area (Å²) in [5, 5.41) is 0. The van der Waals surface area contributed by atoms with Crippen molar-refractivity contribution in [3.63, 3.8) is 0 Å². The second-order valence-electron chi connectivity index (χ2n) is 1.73. The number of hydrogen-bond donors (Lipinski definition) is 1. The summed E-state index contributed by atoms with van der Waals surface area (Å²) in [7, 11) is 0. The van der Waals surface area contributed by atoms with E-state index in [4.69, 9.17) is 5.84 Å². The molecule has 0 atom stereocenters. The Morgan fingerprint density at radius 1 is 1.50 bits per heavy atom. The van der Waals surface area contributed by atoms with Crippen LogP contribution in [-0.2, 0) is 0 Å². The fourth-order valence-corrected chi connectivity index (χ4v) is 1.14. The van der Waals surface area contributed by atoms with Crippen LogP contribution in [0.4, 0.5) is 0 Å². The van der Waals surface area contributed by atoms with Gasteiger partial charge in [0, 0.05) is 6.42 Å². The van der Waals surface area contributed by atoms with Gasteiger partial charge in [0.25, 0.3) is 0 Å². The van der Waals surface area contributed by atoms with Crippen LogP contribution in [0.2, 0.25) is 0 Å². The molecular formula is C3H8IN2. The maximum atomic E-state index is 5.55. The van der Waals surface area contributed by atoms with Crippen molar-refractivity contribution in [3.8, 4) is 0 Å². The predicted octanol–water partition coefficient (Wildman–Crippen LogP) is -3.45. The third kappa shape index (κ3) is 0.828. The maximum absolute atomic E-state index is 5.55. The topological polar surface area (TPSA) is 26.0 Å². The summed E-state index contributed by atoms with van der Waals surface area (Å²) < 4.78 is 0.720. The zero-order chi connectivity index (χ0) is 4.62. The lowest BCUT2D eigenvalue weighted by molar-refractivity contribution is -1.33. The number of halogens is 1. The lowest BCUT2D eigenvalue weighted by Crippen LogP contribution is -3.49. The molecular weight excluding hydrogens is 191 g/mol. The van der Waals surface area contributed by atoms with Gasteiger partial charge in [-0.15, -0.1) is 0 Å². The molecule has 6 heavy (non-hydrogen) atoms. The van der Waals surface area contributed by atoms with Crippen LogP contribution < -0.4 is 28.7 Å². The van der Waals surface area contributed by atoms with Gasteiger partial charge in [0.05, 0.1) is 13.1 Å². The van der Waals surface area contributed by atoms with Gasteiger partial charge in [-0.25, -0.2) is 5.84 Å². The average Bonchev–Trinajstić information content (AvgIpc) is 1.32. The highest BCUT2D eigenvalue weighted by Gasteiger charge is 2.17. The summed E-state index contributed by atoms with van der Waals surface area (Å²) in [4.78, 5) is 0. The Kier molecular flexibility index (Phi) is 1.05. The van der Waals surface area contributed by atoms with Crippen LogP contribution in [0.25, 0.3) is 0 Å². The molecule has 37 valence electrons. The summed E-state index contributed by atoms with van der Waals surface area (Å²) >= 11 is 2.24. The molecule has 0 aromatic carbocycles. The van der Waals surface area contributed by atoms with E-state index in [9.17, 15) is 0 Å². The molecule has 0 aromatic rings. The van der Waals surface area contributed by atoms with E-state index in [0.717, 1.165) is 15.9 Å². The predicted molar refractivity (Wildman–Crippen MR) is 18.8 cm³/mol. The van der Waals surface area contributed by atoms with E-state index in [1.54, 1.807) is 0 Å². The van der Waals surface area contributed by atoms with E-state index >= 15 is 0 Å². The summed E-state index contributed by atoms with van der Waals surface area (Å²) in [6.07, 6.45) is 1.30. The summed E-state index contributed by atoms with van der Waals surface area (Å²) in [5.74, 6) is 5.55. The van der Waals surface area contributed by atoms with E-state index in [1.807, 2.05) is 0 Å². The molecule has 1 heterocycles. The molecule has 1 radical (unpaired) electrons. The van der Waals surface area contributed by atoms with Crippen LogP contribution in [0.15, 0.2) is 0 Å². The van der Waals surface area contributed by atoms with Crippen LogP contribution in [0.1, 0.15) is 6.42 Å². The third-order valence-corrected chi connectivity index (χ3v) is 2.02. The Morgan fingerprint density at radius 3 is 1.83 bits per heavy atom. The van der Waals surface area contributed by atoms with E-state index in [-0.39, 0.29) is 0 Å². The van der Waals surface area contributed by atoms with Crippen molar-refractivity contribution in [3.05, 3.63) is 0 Å². The molecule has 2 nitrogen and oxygen atoms in total. The lowest BCUT2D eigenvalue weighted by atomic mass is 10.3. The molecule has 1 aliphatic heterocycles. The van der Waals surface area contributed by atoms with E-state index in [0.29, 0.717) is 0 Å². The standard InChI is InChI=1S/C3H8IN2/c4-6(5)2-1-3-6/h1-3,5H2. The van der Waals surface area contributed by atoms with Gasteiger partial charge in [-0.3, -0.25) is 0 Å². The average molecular weight is 199 g/mol. The molecule has 1 rings (SSSR count). The molecule has 2 N–H and O–H groups in total. The zero-order valence-corrected chi connectivity index (χ0v) is 5.68. The fraction of sp³-hybridized carbons (Fsp3) is 1.00. The van der Waals surface area contributed by atoms with Crippen molar-refractivity contribution < 1.29 is 25.7 Å². The first-order valence-electron chi connectivity index (χ1n) is 2.06. The molecule has 0 aliphatic carbocycles. The van der Waals surface area contributed by atoms with Crippen LogP contribution in [0.3, 0.4) is 0 Å². The maximum Gasteiger partial charge on any atom is 0.0813 e. The monoisotopic (exact) mass is 199 g/mol. The largest absolute Gasteiger partial charge is 0.448 e. The van der Waals surface area contributed by atoms with Gasteiger partial charge < -0.3 is 25.7 Å². The Balaban J connectivity index is 2.31. The van der Waals surface area contributed by atoms with Gasteiger partial charge in [-0.2, -0.15) is 0 Å². The quantitative estimate of drug-likeness (QED) is 0.245. The molecule has 0 saturated carbocycles. The number of quaternary nitrogens is 1. The van der Waals surface area contributed by atoms with E-state index in [1.165, 1.54) is 6.42 Å². The highest BCUT2D eigenvalue weighted by Crippen LogP contribution is 1.99. The van der Waals surface area contributed by atoms with E-state index in [2.05, 4.69) is 22.9 Å². The van der Waals surface area contributed by atoms with Crippen molar-refractivity contribution in [1.82, 2.24) is 0 Å². The minimum Gasteiger partial charge on any atom is -0.448 e. The normalized spacial score (nSPS) is 29.0. The minimum absolute atomic E-state index is 0.720. The van der Waals surface area contributed by atoms with Gasteiger partial charge in [-0.1, -0.05) is 0 Å². The molecule has 0 amide bonds. The molecule has 0 spiro atoms. The van der Waals surface area contributed by atoms with Crippen LogP contribution in [-0.4, -0.2) is 15.9 Å². The summed E-state index contributed by atoms with van der Waals surface area (Å²) in [6, 6.07) is 0. The van der Waals surface area contributed by atoms with E-state index < -0.39 is 0 Å². The highest BCUT2D eigenvalue weighted by atomic mass is 127. The first kappa shape index (κ1) is 4.80. The Labute approximate surface area is 51.4 Å². The molecule has 0 bridgehead atoms. The number of hydrogen-bond acceptors (Lipinski definition) is 1. The van der Waals surface area contributed by atoms with Crippen LogP contribution in [0, 0.1) is 0 Å². The minimum atomic E-state index is 0.720. The Hall–Kier alpha value is 0.650. The number of nitrogens with two attached hydrogens (primary N) is 1. The molecule has 1 saturated heterocycles. The summed E-state index contributed by atoms with van der Waals surface area (Å²) in [5.41, 5.74) is 0. The van der Waals surface area contributed by atoms with Crippen LogP contribution in [0.5, 0.6) is 0 Å². The highest BCUT2D eigenvalue weighted by molar-refractivity contribution is 4.39. The first-order valence-corrected chi connectivity index (χ1v) is 3.02. The van der Waals surface area contributed by atoms with Crippen molar-refractivity contribution >= 4 is 0 Å². The Morgan fingerprint density at radius 2 is 1.83 bits per heavy atom. The van der Waals surface area contributed by atoms with Crippen molar-refractivity contribution in [2.75, 3.05) is 13.1 Å². The number of nitrogens with zero attached hydrogens (tertiary/aromatic N) is 1. The fourth-order valence-electron chi connectivity index (χ4n) is 0.460. The van der Waals surface area contributed by atoms with Crippen molar-refractivity contribution in [2.45, 2.75) is 6.42 Å². The smallest absolute Gasteiger partial charge is 0.0813 e.